The summed E-state index contributed by atoms with van der Waals surface area (Å²) in [6.07, 6.45) is -4.05. The molecule has 22 heavy (non-hydrogen) atoms. The number of halogens is 6. The Labute approximate surface area is 120 Å². The van der Waals surface area contributed by atoms with Crippen LogP contribution in [0.4, 0.5) is 26.3 Å². The summed E-state index contributed by atoms with van der Waals surface area (Å²) in [6, 6.07) is 8.42. The van der Waals surface area contributed by atoms with Crippen LogP contribution in [0, 0.1) is 17.5 Å². The average Bonchev–Trinajstić information content (AvgIpc) is 2.85. The fourth-order valence-corrected chi connectivity index (χ4v) is 2.31. The molecule has 0 aliphatic rings. The van der Waals surface area contributed by atoms with Gasteiger partial charge >= 0.3 is 6.18 Å². The highest BCUT2D eigenvalue weighted by molar-refractivity contribution is 5.81. The number of hydrogen-bond donors (Lipinski definition) is 0. The number of aromatic nitrogens is 1. The number of benzene rings is 2. The van der Waals surface area contributed by atoms with Gasteiger partial charge in [0.15, 0.2) is 17.5 Å². The van der Waals surface area contributed by atoms with Gasteiger partial charge in [0, 0.05) is 12.3 Å². The Balaban J connectivity index is 2.35. The van der Waals surface area contributed by atoms with Crippen LogP contribution in [0.15, 0.2) is 42.6 Å². The highest BCUT2D eigenvalue weighted by Crippen LogP contribution is 2.37. The SMILES string of the molecule is Fc1cc(-n2ccc3ccccc32)c(F)c(C(F)(F)F)c1F. The van der Waals surface area contributed by atoms with Crippen LogP contribution in [-0.2, 0) is 6.18 Å². The maximum Gasteiger partial charge on any atom is 0.422 e. The van der Waals surface area contributed by atoms with Gasteiger partial charge in [-0.2, -0.15) is 13.2 Å². The van der Waals surface area contributed by atoms with Crippen molar-refractivity contribution in [1.29, 1.82) is 0 Å². The summed E-state index contributed by atoms with van der Waals surface area (Å²) < 4.78 is 80.3. The van der Waals surface area contributed by atoms with Crippen LogP contribution in [0.5, 0.6) is 0 Å². The fourth-order valence-electron chi connectivity index (χ4n) is 2.31. The van der Waals surface area contributed by atoms with E-state index in [1.165, 1.54) is 18.3 Å². The minimum absolute atomic E-state index is 0.375. The Hall–Kier alpha value is -2.44. The molecule has 3 aromatic rings. The van der Waals surface area contributed by atoms with Crippen LogP contribution < -0.4 is 0 Å². The predicted molar refractivity (Wildman–Crippen MR) is 68.2 cm³/mol. The second-order valence-corrected chi connectivity index (χ2v) is 4.62. The van der Waals surface area contributed by atoms with E-state index in [1.54, 1.807) is 18.2 Å². The van der Waals surface area contributed by atoms with Gasteiger partial charge in [-0.3, -0.25) is 0 Å². The molecule has 7 heteroatoms. The topological polar surface area (TPSA) is 4.93 Å². The quantitative estimate of drug-likeness (QED) is 0.436. The van der Waals surface area contributed by atoms with Crippen LogP contribution in [0.25, 0.3) is 16.6 Å². The molecular weight excluding hydrogens is 308 g/mol. The first-order chi connectivity index (χ1) is 10.3. The maximum absolute atomic E-state index is 14.2. The van der Waals surface area contributed by atoms with Gasteiger partial charge in [-0.25, -0.2) is 13.2 Å². The molecule has 1 heterocycles. The fraction of sp³-hybridized carbons (Fsp3) is 0.0667. The number of alkyl halides is 3. The Bertz CT molecular complexity index is 862. The lowest BCUT2D eigenvalue weighted by Gasteiger charge is -2.14. The van der Waals surface area contributed by atoms with E-state index < -0.39 is 34.9 Å². The van der Waals surface area contributed by atoms with E-state index in [4.69, 9.17) is 0 Å². The van der Waals surface area contributed by atoms with E-state index >= 15 is 0 Å². The van der Waals surface area contributed by atoms with E-state index in [9.17, 15) is 26.3 Å². The molecule has 0 unspecified atom stereocenters. The zero-order valence-electron chi connectivity index (χ0n) is 10.8. The second kappa shape index (κ2) is 4.79. The summed E-state index contributed by atoms with van der Waals surface area (Å²) in [4.78, 5) is 0. The zero-order chi connectivity index (χ0) is 16.1. The molecule has 2 aromatic carbocycles. The van der Waals surface area contributed by atoms with Crippen molar-refractivity contribution in [2.24, 2.45) is 0 Å². The molecule has 0 atom stereocenters. The normalized spacial score (nSPS) is 12.1. The third-order valence-electron chi connectivity index (χ3n) is 3.28. The molecular formula is C15H7F6N. The van der Waals surface area contributed by atoms with Crippen molar-refractivity contribution in [1.82, 2.24) is 4.57 Å². The van der Waals surface area contributed by atoms with Gasteiger partial charge in [-0.05, 0) is 17.5 Å². The molecule has 0 fully saturated rings. The number of nitrogens with zero attached hydrogens (tertiary/aromatic N) is 1. The van der Waals surface area contributed by atoms with Crippen LogP contribution >= 0.6 is 0 Å². The maximum atomic E-state index is 14.2. The third kappa shape index (κ3) is 2.13. The molecule has 0 spiro atoms. The molecule has 3 rings (SSSR count). The van der Waals surface area contributed by atoms with Gasteiger partial charge in [0.1, 0.15) is 5.56 Å². The smallest absolute Gasteiger partial charge is 0.314 e. The van der Waals surface area contributed by atoms with Crippen molar-refractivity contribution in [3.8, 4) is 5.69 Å². The van der Waals surface area contributed by atoms with E-state index in [1.807, 2.05) is 0 Å². The van der Waals surface area contributed by atoms with Gasteiger partial charge in [-0.1, -0.05) is 18.2 Å². The van der Waals surface area contributed by atoms with Gasteiger partial charge in [0.2, 0.25) is 0 Å². The lowest BCUT2D eigenvalue weighted by Crippen LogP contribution is -2.15. The number of hydrogen-bond acceptors (Lipinski definition) is 0. The lowest BCUT2D eigenvalue weighted by atomic mass is 10.1. The molecule has 1 aromatic heterocycles. The minimum Gasteiger partial charge on any atom is -0.314 e. The molecule has 0 radical (unpaired) electrons. The number of para-hydroxylation sites is 1. The molecule has 0 saturated heterocycles. The van der Waals surface area contributed by atoms with Gasteiger partial charge in [0.25, 0.3) is 0 Å². The summed E-state index contributed by atoms with van der Waals surface area (Å²) >= 11 is 0. The highest BCUT2D eigenvalue weighted by atomic mass is 19.4. The summed E-state index contributed by atoms with van der Waals surface area (Å²) in [5.74, 6) is -5.86. The first-order valence-corrected chi connectivity index (χ1v) is 6.12. The predicted octanol–water partition coefficient (Wildman–Crippen LogP) is 5.07. The molecule has 0 saturated carbocycles. The Morgan fingerprint density at radius 2 is 1.55 bits per heavy atom. The van der Waals surface area contributed by atoms with Crippen molar-refractivity contribution < 1.29 is 26.3 Å². The summed E-state index contributed by atoms with van der Waals surface area (Å²) in [7, 11) is 0. The van der Waals surface area contributed by atoms with E-state index in [0.29, 0.717) is 17.0 Å². The first-order valence-electron chi connectivity index (χ1n) is 6.12. The Morgan fingerprint density at radius 1 is 0.864 bits per heavy atom. The molecule has 0 N–H and O–H groups in total. The first kappa shape index (κ1) is 14.5. The van der Waals surface area contributed by atoms with Gasteiger partial charge in [0.05, 0.1) is 11.2 Å². The lowest BCUT2D eigenvalue weighted by molar-refractivity contribution is -0.142. The van der Waals surface area contributed by atoms with Crippen molar-refractivity contribution >= 4 is 10.9 Å². The molecule has 0 aliphatic carbocycles. The summed E-state index contributed by atoms with van der Waals surface area (Å²) in [5.41, 5.74) is -2.56. The Morgan fingerprint density at radius 3 is 2.23 bits per heavy atom. The Kier molecular flexibility index (Phi) is 3.16. The standard InChI is InChI=1S/C15H7F6N/c16-9-7-11(14(18)12(13(9)17)15(19,20)21)22-6-5-8-3-1-2-4-10(8)22/h1-7H. The third-order valence-corrected chi connectivity index (χ3v) is 3.28. The summed E-state index contributed by atoms with van der Waals surface area (Å²) in [6.45, 7) is 0. The van der Waals surface area contributed by atoms with Crippen LogP contribution in [0.2, 0.25) is 0 Å². The highest BCUT2D eigenvalue weighted by Gasteiger charge is 2.40. The number of rotatable bonds is 1. The van der Waals surface area contributed by atoms with E-state index in [-0.39, 0.29) is 0 Å². The van der Waals surface area contributed by atoms with E-state index in [2.05, 4.69) is 0 Å². The molecule has 0 amide bonds. The number of fused-ring (bicyclic) bond motifs is 1. The molecule has 0 aliphatic heterocycles. The van der Waals surface area contributed by atoms with Crippen molar-refractivity contribution in [3.05, 3.63) is 65.6 Å². The molecule has 0 bridgehead atoms. The largest absolute Gasteiger partial charge is 0.422 e. The van der Waals surface area contributed by atoms with Crippen molar-refractivity contribution in [3.63, 3.8) is 0 Å². The van der Waals surface area contributed by atoms with Gasteiger partial charge < -0.3 is 4.57 Å². The summed E-state index contributed by atoms with van der Waals surface area (Å²) in [5, 5.41) is 0.625. The second-order valence-electron chi connectivity index (χ2n) is 4.62. The van der Waals surface area contributed by atoms with Crippen molar-refractivity contribution in [2.45, 2.75) is 6.18 Å². The van der Waals surface area contributed by atoms with Gasteiger partial charge in [-0.15, -0.1) is 0 Å². The van der Waals surface area contributed by atoms with Crippen LogP contribution in [0.3, 0.4) is 0 Å². The van der Waals surface area contributed by atoms with Crippen molar-refractivity contribution in [2.75, 3.05) is 0 Å². The minimum atomic E-state index is -5.34. The monoisotopic (exact) mass is 315 g/mol. The molecule has 1 nitrogen and oxygen atoms in total. The molecule has 114 valence electrons. The van der Waals surface area contributed by atoms with Crippen LogP contribution in [-0.4, -0.2) is 4.57 Å². The van der Waals surface area contributed by atoms with Crippen LogP contribution in [0.1, 0.15) is 5.56 Å². The average molecular weight is 315 g/mol. The van der Waals surface area contributed by atoms with E-state index in [0.717, 1.165) is 4.57 Å². The zero-order valence-corrected chi connectivity index (χ0v) is 10.8.